The number of nitrogens with zero attached hydrogens (tertiary/aromatic N) is 2. The van der Waals surface area contributed by atoms with Gasteiger partial charge in [-0.25, -0.2) is 8.42 Å². The normalized spacial score (nSPS) is 11.9. The molecule has 4 aromatic carbocycles. The highest BCUT2D eigenvalue weighted by atomic mass is 35.5. The van der Waals surface area contributed by atoms with Crippen LogP contribution < -0.4 is 9.62 Å². The van der Waals surface area contributed by atoms with Crippen molar-refractivity contribution in [1.82, 2.24) is 10.2 Å². The molecule has 0 aromatic heterocycles. The molecule has 0 heterocycles. The number of hydrogen-bond acceptors (Lipinski definition) is 4. The first-order chi connectivity index (χ1) is 21.6. The Labute approximate surface area is 275 Å². The van der Waals surface area contributed by atoms with Crippen LogP contribution in [0.4, 0.5) is 5.69 Å². The van der Waals surface area contributed by atoms with E-state index in [9.17, 15) is 18.0 Å². The average molecular weight is 667 g/mol. The van der Waals surface area contributed by atoms with E-state index in [1.807, 2.05) is 50.2 Å². The smallest absolute Gasteiger partial charge is 0.264 e. The standard InChI is InChI=1S/C35H37Cl2N3O4S/c1-3-4-20-38-35(42)33(22-27-12-7-5-8-13-27)39(24-28-14-11-15-29(36)21-28)34(41)25-40(30-19-18-26(2)32(37)23-30)45(43,44)31-16-9-6-10-17-31/h5-19,21,23,33H,3-4,20,22,24-25H2,1-2H3,(H,38,42)/t33-/m0/s1. The third-order valence-electron chi connectivity index (χ3n) is 7.40. The van der Waals surface area contributed by atoms with Crippen molar-refractivity contribution < 1.29 is 18.0 Å². The first-order valence-electron chi connectivity index (χ1n) is 14.8. The molecule has 1 N–H and O–H groups in total. The van der Waals surface area contributed by atoms with E-state index in [1.165, 1.54) is 23.1 Å². The first kappa shape index (κ1) is 34.0. The van der Waals surface area contributed by atoms with Crippen molar-refractivity contribution in [1.29, 1.82) is 0 Å². The fourth-order valence-electron chi connectivity index (χ4n) is 4.88. The van der Waals surface area contributed by atoms with Crippen LogP contribution in [-0.2, 0) is 32.6 Å². The number of halogens is 2. The zero-order chi connectivity index (χ0) is 32.4. The van der Waals surface area contributed by atoms with E-state index in [1.54, 1.807) is 48.5 Å². The maximum Gasteiger partial charge on any atom is 0.264 e. The molecule has 0 saturated heterocycles. The van der Waals surface area contributed by atoms with Gasteiger partial charge >= 0.3 is 0 Å². The van der Waals surface area contributed by atoms with Gasteiger partial charge in [-0.3, -0.25) is 13.9 Å². The van der Waals surface area contributed by atoms with Gasteiger partial charge < -0.3 is 10.2 Å². The molecule has 1 atom stereocenters. The quantitative estimate of drug-likeness (QED) is 0.146. The van der Waals surface area contributed by atoms with Gasteiger partial charge in [0.05, 0.1) is 10.6 Å². The minimum atomic E-state index is -4.21. The maximum atomic E-state index is 14.5. The Morgan fingerprint density at radius 2 is 1.51 bits per heavy atom. The summed E-state index contributed by atoms with van der Waals surface area (Å²) >= 11 is 12.7. The van der Waals surface area contributed by atoms with Gasteiger partial charge in [-0.15, -0.1) is 0 Å². The molecule has 0 unspecified atom stereocenters. The number of carbonyl (C=O) groups is 2. The molecule has 0 aliphatic carbocycles. The Hall–Kier alpha value is -3.85. The number of carbonyl (C=O) groups excluding carboxylic acids is 2. The van der Waals surface area contributed by atoms with Gasteiger partial charge in [-0.2, -0.15) is 0 Å². The second-order valence-electron chi connectivity index (χ2n) is 10.8. The van der Waals surface area contributed by atoms with Crippen LogP contribution in [0.25, 0.3) is 0 Å². The predicted octanol–water partition coefficient (Wildman–Crippen LogP) is 7.05. The lowest BCUT2D eigenvalue weighted by Gasteiger charge is -2.34. The zero-order valence-corrected chi connectivity index (χ0v) is 27.7. The topological polar surface area (TPSA) is 86.8 Å². The zero-order valence-electron chi connectivity index (χ0n) is 25.3. The van der Waals surface area contributed by atoms with Crippen molar-refractivity contribution in [3.05, 3.63) is 130 Å². The van der Waals surface area contributed by atoms with Crippen molar-refractivity contribution in [2.24, 2.45) is 0 Å². The van der Waals surface area contributed by atoms with E-state index in [-0.39, 0.29) is 29.5 Å². The lowest BCUT2D eigenvalue weighted by atomic mass is 10.0. The van der Waals surface area contributed by atoms with Crippen LogP contribution in [0, 0.1) is 6.92 Å². The number of unbranched alkanes of at least 4 members (excludes halogenated alkanes) is 1. The second kappa shape index (κ2) is 15.9. The summed E-state index contributed by atoms with van der Waals surface area (Å²) < 4.78 is 29.2. The van der Waals surface area contributed by atoms with E-state index >= 15 is 0 Å². The van der Waals surface area contributed by atoms with E-state index < -0.39 is 28.5 Å². The Morgan fingerprint density at radius 1 is 0.844 bits per heavy atom. The number of rotatable bonds is 14. The van der Waals surface area contributed by atoms with Gasteiger partial charge in [0.25, 0.3) is 10.0 Å². The SMILES string of the molecule is CCCCNC(=O)[C@H](Cc1ccccc1)N(Cc1cccc(Cl)c1)C(=O)CN(c1ccc(C)c(Cl)c1)S(=O)(=O)c1ccccc1. The minimum absolute atomic E-state index is 0.0223. The van der Waals surface area contributed by atoms with Crippen LogP contribution in [-0.4, -0.2) is 44.3 Å². The van der Waals surface area contributed by atoms with Crippen LogP contribution >= 0.6 is 23.2 Å². The molecule has 0 spiro atoms. The van der Waals surface area contributed by atoms with Crippen molar-refractivity contribution in [2.75, 3.05) is 17.4 Å². The van der Waals surface area contributed by atoms with Crippen LogP contribution in [0.5, 0.6) is 0 Å². The lowest BCUT2D eigenvalue weighted by molar-refractivity contribution is -0.140. The van der Waals surface area contributed by atoms with Crippen LogP contribution in [0.2, 0.25) is 10.0 Å². The molecule has 0 saturated carbocycles. The van der Waals surface area contributed by atoms with Crippen molar-refractivity contribution >= 4 is 50.7 Å². The highest BCUT2D eigenvalue weighted by Gasteiger charge is 2.34. The summed E-state index contributed by atoms with van der Waals surface area (Å²) in [7, 11) is -4.21. The van der Waals surface area contributed by atoms with Crippen molar-refractivity contribution in [2.45, 2.75) is 50.6 Å². The average Bonchev–Trinajstić information content (AvgIpc) is 3.03. The van der Waals surface area contributed by atoms with Gasteiger partial charge in [-0.1, -0.05) is 103 Å². The number of amides is 2. The molecular formula is C35H37Cl2N3O4S. The maximum absolute atomic E-state index is 14.5. The Morgan fingerprint density at radius 3 is 2.16 bits per heavy atom. The minimum Gasteiger partial charge on any atom is -0.354 e. The van der Waals surface area contributed by atoms with E-state index in [4.69, 9.17) is 23.2 Å². The van der Waals surface area contributed by atoms with Crippen molar-refractivity contribution in [3.63, 3.8) is 0 Å². The summed E-state index contributed by atoms with van der Waals surface area (Å²) in [6, 6.07) is 28.3. The molecule has 0 bridgehead atoms. The van der Waals surface area contributed by atoms with Crippen LogP contribution in [0.3, 0.4) is 0 Å². The summed E-state index contributed by atoms with van der Waals surface area (Å²) in [5.41, 5.74) is 2.55. The number of sulfonamides is 1. The van der Waals surface area contributed by atoms with Gasteiger partial charge in [0.1, 0.15) is 12.6 Å². The molecule has 0 aliphatic heterocycles. The largest absolute Gasteiger partial charge is 0.354 e. The first-order valence-corrected chi connectivity index (χ1v) is 17.0. The summed E-state index contributed by atoms with van der Waals surface area (Å²) in [4.78, 5) is 29.8. The second-order valence-corrected chi connectivity index (χ2v) is 13.5. The van der Waals surface area contributed by atoms with E-state index in [2.05, 4.69) is 5.32 Å². The molecule has 0 fully saturated rings. The fraction of sp³-hybridized carbons (Fsp3) is 0.257. The molecule has 2 amide bonds. The molecule has 4 aromatic rings. The third kappa shape index (κ3) is 9.10. The number of anilines is 1. The van der Waals surface area contributed by atoms with Crippen molar-refractivity contribution in [3.8, 4) is 0 Å². The summed E-state index contributed by atoms with van der Waals surface area (Å²) in [6.07, 6.45) is 1.90. The molecule has 10 heteroatoms. The Balaban J connectivity index is 1.80. The Bertz CT molecular complexity index is 1700. The number of aryl methyl sites for hydroxylation is 1. The van der Waals surface area contributed by atoms with Gasteiger partial charge in [0, 0.05) is 29.6 Å². The monoisotopic (exact) mass is 665 g/mol. The number of nitrogens with one attached hydrogen (secondary N) is 1. The number of benzene rings is 4. The third-order valence-corrected chi connectivity index (χ3v) is 9.83. The van der Waals surface area contributed by atoms with Gasteiger partial charge in [0.2, 0.25) is 11.8 Å². The van der Waals surface area contributed by atoms with Crippen LogP contribution in [0.15, 0.2) is 108 Å². The molecule has 0 aliphatic rings. The lowest BCUT2D eigenvalue weighted by Crippen LogP contribution is -2.53. The highest BCUT2D eigenvalue weighted by Crippen LogP contribution is 2.29. The Kier molecular flexibility index (Phi) is 12.0. The van der Waals surface area contributed by atoms with Crippen LogP contribution in [0.1, 0.15) is 36.5 Å². The van der Waals surface area contributed by atoms with E-state index in [0.29, 0.717) is 22.2 Å². The van der Waals surface area contributed by atoms with Gasteiger partial charge in [-0.05, 0) is 66.4 Å². The molecular weight excluding hydrogens is 629 g/mol. The predicted molar refractivity (Wildman–Crippen MR) is 181 cm³/mol. The summed E-state index contributed by atoms with van der Waals surface area (Å²) in [6.45, 7) is 3.76. The summed E-state index contributed by atoms with van der Waals surface area (Å²) in [5, 5.41) is 3.83. The number of hydrogen-bond donors (Lipinski definition) is 1. The summed E-state index contributed by atoms with van der Waals surface area (Å²) in [5.74, 6) is -0.878. The molecule has 0 radical (unpaired) electrons. The highest BCUT2D eigenvalue weighted by molar-refractivity contribution is 7.92. The van der Waals surface area contributed by atoms with Gasteiger partial charge in [0.15, 0.2) is 0 Å². The molecule has 7 nitrogen and oxygen atoms in total. The fourth-order valence-corrected chi connectivity index (χ4v) is 6.69. The van der Waals surface area contributed by atoms with E-state index in [0.717, 1.165) is 28.3 Å². The molecule has 236 valence electrons. The molecule has 45 heavy (non-hydrogen) atoms. The molecule has 4 rings (SSSR count).